The van der Waals surface area contributed by atoms with Gasteiger partial charge in [0.1, 0.15) is 11.8 Å². The maximum atomic E-state index is 13.0. The molecule has 2 atom stereocenters. The zero-order valence-corrected chi connectivity index (χ0v) is 19.7. The van der Waals surface area contributed by atoms with Crippen LogP contribution in [-0.2, 0) is 0 Å². The van der Waals surface area contributed by atoms with Gasteiger partial charge < -0.3 is 24.1 Å². The number of fused-ring (bicyclic) bond motifs is 7. The predicted molar refractivity (Wildman–Crippen MR) is 125 cm³/mol. The van der Waals surface area contributed by atoms with Crippen LogP contribution >= 0.6 is 0 Å². The number of urea groups is 1. The maximum absolute atomic E-state index is 13.0. The molecule has 34 heavy (non-hydrogen) atoms. The molecule has 1 unspecified atom stereocenters. The molecule has 4 bridgehead atoms. The highest BCUT2D eigenvalue weighted by atomic mass is 16.5. The first-order valence-electron chi connectivity index (χ1n) is 11.5. The Morgan fingerprint density at radius 2 is 2.18 bits per heavy atom. The molecular formula is C24H29N7O3. The van der Waals surface area contributed by atoms with Gasteiger partial charge in [0.15, 0.2) is 0 Å². The molecule has 0 aromatic carbocycles. The van der Waals surface area contributed by atoms with Gasteiger partial charge in [-0.25, -0.2) is 14.8 Å². The van der Waals surface area contributed by atoms with Crippen LogP contribution in [0.25, 0.3) is 16.9 Å². The second-order valence-corrected chi connectivity index (χ2v) is 8.19. The minimum Gasteiger partial charge on any atom is -0.494 e. The SMILES string of the molecule is CCN1C(=O)NC(C#N)CCCCCOc2nc(cn3ccnc23)-c2cc(ncc2OC)[C@H]1C. The minimum atomic E-state index is -0.550. The summed E-state index contributed by atoms with van der Waals surface area (Å²) in [6.07, 6.45) is 10.1. The maximum Gasteiger partial charge on any atom is 0.318 e. The number of nitrogens with zero attached hydrogens (tertiary/aromatic N) is 6. The fourth-order valence-electron chi connectivity index (χ4n) is 4.13. The summed E-state index contributed by atoms with van der Waals surface area (Å²) >= 11 is 0. The summed E-state index contributed by atoms with van der Waals surface area (Å²) in [6, 6.07) is 2.92. The van der Waals surface area contributed by atoms with Gasteiger partial charge in [-0.05, 0) is 39.2 Å². The second-order valence-electron chi connectivity index (χ2n) is 8.19. The van der Waals surface area contributed by atoms with E-state index >= 15 is 0 Å². The van der Waals surface area contributed by atoms with Gasteiger partial charge >= 0.3 is 6.03 Å². The van der Waals surface area contributed by atoms with Crippen LogP contribution in [-0.4, -0.2) is 56.6 Å². The Balaban J connectivity index is 1.81. The Labute approximate surface area is 198 Å². The molecule has 3 aromatic heterocycles. The van der Waals surface area contributed by atoms with Crippen molar-refractivity contribution in [1.29, 1.82) is 5.26 Å². The normalized spacial score (nSPS) is 19.6. The van der Waals surface area contributed by atoms with Crippen LogP contribution in [0.5, 0.6) is 11.6 Å². The second kappa shape index (κ2) is 10.4. The van der Waals surface area contributed by atoms with Gasteiger partial charge in [0, 0.05) is 30.7 Å². The third kappa shape index (κ3) is 4.73. The molecule has 0 fully saturated rings. The number of hydrogen-bond acceptors (Lipinski definition) is 7. The number of aromatic nitrogens is 4. The first-order chi connectivity index (χ1) is 16.5. The van der Waals surface area contributed by atoms with E-state index in [1.807, 2.05) is 36.7 Å². The lowest BCUT2D eigenvalue weighted by Crippen LogP contribution is -2.45. The Bertz CT molecular complexity index is 1200. The highest BCUT2D eigenvalue weighted by Crippen LogP contribution is 2.33. The van der Waals surface area contributed by atoms with Crippen LogP contribution in [0.3, 0.4) is 0 Å². The smallest absolute Gasteiger partial charge is 0.318 e. The molecule has 1 N–H and O–H groups in total. The lowest BCUT2D eigenvalue weighted by molar-refractivity contribution is 0.179. The van der Waals surface area contributed by atoms with Crippen LogP contribution < -0.4 is 14.8 Å². The molecular weight excluding hydrogens is 434 g/mol. The van der Waals surface area contributed by atoms with E-state index in [-0.39, 0.29) is 12.1 Å². The summed E-state index contributed by atoms with van der Waals surface area (Å²) < 4.78 is 13.5. The lowest BCUT2D eigenvalue weighted by atomic mass is 10.1. The van der Waals surface area contributed by atoms with Crippen molar-refractivity contribution < 1.29 is 14.3 Å². The van der Waals surface area contributed by atoms with Crippen molar-refractivity contribution in [2.75, 3.05) is 20.3 Å². The van der Waals surface area contributed by atoms with E-state index in [1.54, 1.807) is 24.4 Å². The fraction of sp³-hybridized carbons (Fsp3) is 0.458. The molecule has 3 aromatic rings. The van der Waals surface area contributed by atoms with E-state index in [0.29, 0.717) is 48.2 Å². The molecule has 178 valence electrons. The molecule has 1 aliphatic heterocycles. The van der Waals surface area contributed by atoms with Gasteiger partial charge in [0.2, 0.25) is 5.65 Å². The number of carbonyl (C=O) groups excluding carboxylic acids is 1. The molecule has 4 rings (SSSR count). The first kappa shape index (κ1) is 23.3. The summed E-state index contributed by atoms with van der Waals surface area (Å²) in [5, 5.41) is 12.4. The largest absolute Gasteiger partial charge is 0.494 e. The van der Waals surface area contributed by atoms with Crippen molar-refractivity contribution >= 4 is 11.7 Å². The summed E-state index contributed by atoms with van der Waals surface area (Å²) in [7, 11) is 1.58. The van der Waals surface area contributed by atoms with Crippen molar-refractivity contribution in [2.45, 2.75) is 51.6 Å². The third-order valence-electron chi connectivity index (χ3n) is 6.05. The molecule has 0 spiro atoms. The number of nitrogens with one attached hydrogen (secondary N) is 1. The Morgan fingerprint density at radius 1 is 1.32 bits per heavy atom. The van der Waals surface area contributed by atoms with Crippen LogP contribution in [0.1, 0.15) is 51.3 Å². The quantitative estimate of drug-likeness (QED) is 0.615. The standard InChI is InChI=1S/C24H29N7O3/c1-4-31-16(2)19-12-18(21(33-3)14-27-19)20-15-30-10-9-26-22(30)23(29-20)34-11-7-5-6-8-17(13-25)28-24(31)32/h9-10,12,14-17H,4-8,11H2,1-3H3,(H,28,32)/t16-,17?/m1/s1. The van der Waals surface area contributed by atoms with Gasteiger partial charge in [-0.1, -0.05) is 6.42 Å². The number of rotatable bonds is 2. The summed E-state index contributed by atoms with van der Waals surface area (Å²) in [6.45, 7) is 4.76. The minimum absolute atomic E-state index is 0.284. The number of hydrogen-bond donors (Lipinski definition) is 1. The molecule has 2 amide bonds. The van der Waals surface area contributed by atoms with Crippen LogP contribution in [0.2, 0.25) is 0 Å². The zero-order valence-electron chi connectivity index (χ0n) is 19.7. The number of amides is 2. The highest BCUT2D eigenvalue weighted by Gasteiger charge is 2.25. The van der Waals surface area contributed by atoms with E-state index in [9.17, 15) is 10.1 Å². The van der Waals surface area contributed by atoms with Gasteiger partial charge in [-0.15, -0.1) is 0 Å². The molecule has 4 heterocycles. The number of nitriles is 1. The highest BCUT2D eigenvalue weighted by molar-refractivity contribution is 5.75. The van der Waals surface area contributed by atoms with Crippen LogP contribution in [0.15, 0.2) is 30.9 Å². The molecule has 1 aliphatic rings. The van der Waals surface area contributed by atoms with Crippen molar-refractivity contribution in [2.24, 2.45) is 0 Å². The van der Waals surface area contributed by atoms with E-state index < -0.39 is 6.04 Å². The molecule has 10 heteroatoms. The van der Waals surface area contributed by atoms with Crippen molar-refractivity contribution in [1.82, 2.24) is 29.6 Å². The van der Waals surface area contributed by atoms with Crippen molar-refractivity contribution in [3.05, 3.63) is 36.5 Å². The average molecular weight is 464 g/mol. The molecule has 0 saturated carbocycles. The monoisotopic (exact) mass is 463 g/mol. The topological polar surface area (TPSA) is 118 Å². The zero-order chi connectivity index (χ0) is 24.1. The Hall–Kier alpha value is -3.87. The lowest BCUT2D eigenvalue weighted by Gasteiger charge is -2.29. The Kier molecular flexibility index (Phi) is 7.11. The number of imidazole rings is 1. The van der Waals surface area contributed by atoms with Crippen molar-refractivity contribution in [3.63, 3.8) is 0 Å². The van der Waals surface area contributed by atoms with E-state index in [0.717, 1.165) is 24.8 Å². The fourth-order valence-corrected chi connectivity index (χ4v) is 4.13. The van der Waals surface area contributed by atoms with Crippen LogP contribution in [0.4, 0.5) is 4.79 Å². The number of ether oxygens (including phenoxy) is 2. The summed E-state index contributed by atoms with van der Waals surface area (Å²) in [5.41, 5.74) is 2.70. The van der Waals surface area contributed by atoms with Gasteiger partial charge in [-0.2, -0.15) is 5.26 Å². The predicted octanol–water partition coefficient (Wildman–Crippen LogP) is 3.74. The van der Waals surface area contributed by atoms with E-state index in [4.69, 9.17) is 14.5 Å². The average Bonchev–Trinajstić information content (AvgIpc) is 3.33. The number of carbonyl (C=O) groups is 1. The first-order valence-corrected chi connectivity index (χ1v) is 11.5. The summed E-state index contributed by atoms with van der Waals surface area (Å²) in [4.78, 5) is 28.4. The van der Waals surface area contributed by atoms with Crippen molar-refractivity contribution in [3.8, 4) is 29.0 Å². The van der Waals surface area contributed by atoms with Gasteiger partial charge in [0.25, 0.3) is 5.88 Å². The van der Waals surface area contributed by atoms with E-state index in [2.05, 4.69) is 21.4 Å². The van der Waals surface area contributed by atoms with Gasteiger partial charge in [0.05, 0.1) is 43.4 Å². The Morgan fingerprint density at radius 3 is 2.94 bits per heavy atom. The summed E-state index contributed by atoms with van der Waals surface area (Å²) in [5.74, 6) is 1.01. The number of methoxy groups -OCH3 is 1. The molecule has 0 saturated heterocycles. The van der Waals surface area contributed by atoms with Gasteiger partial charge in [-0.3, -0.25) is 4.98 Å². The molecule has 0 aliphatic carbocycles. The number of pyridine rings is 1. The molecule has 10 nitrogen and oxygen atoms in total. The third-order valence-corrected chi connectivity index (χ3v) is 6.05. The van der Waals surface area contributed by atoms with Crippen LogP contribution in [0, 0.1) is 11.3 Å². The van der Waals surface area contributed by atoms with E-state index in [1.165, 1.54) is 0 Å². The molecule has 0 radical (unpaired) electrons.